The maximum Gasteiger partial charge on any atom is 4.00 e. The quantitative estimate of drug-likeness (QED) is 0.217. The zero-order valence-corrected chi connectivity index (χ0v) is 59.8. The number of fused-ring (bicyclic) bond motifs is 12. The van der Waals surface area contributed by atoms with E-state index in [0.29, 0.717) is 47.3 Å². The normalized spacial score (nSPS) is 40.9. The predicted octanol–water partition coefficient (Wildman–Crippen LogP) is 15.5. The van der Waals surface area contributed by atoms with E-state index in [1.807, 2.05) is 27.7 Å². The van der Waals surface area contributed by atoms with Gasteiger partial charge in [-0.2, -0.15) is 0 Å². The molecule has 0 unspecified atom stereocenters. The van der Waals surface area contributed by atoms with Crippen molar-refractivity contribution in [3.8, 4) is 0 Å². The number of carboxylic acids is 4. The van der Waals surface area contributed by atoms with Gasteiger partial charge in [-0.1, -0.05) is 207 Å². The van der Waals surface area contributed by atoms with Crippen LogP contribution in [0.15, 0.2) is 93.2 Å². The summed E-state index contributed by atoms with van der Waals surface area (Å²) in [5.74, 6) is 2.15. The predicted molar refractivity (Wildman–Crippen MR) is 348 cm³/mol. The Bertz CT molecular complexity index is 2570. The molecule has 0 amide bonds. The van der Waals surface area contributed by atoms with E-state index in [2.05, 4.69) is 132 Å². The molecule has 0 radical (unpaired) electrons. The van der Waals surface area contributed by atoms with Crippen molar-refractivity contribution >= 4 is 23.9 Å². The Morgan fingerprint density at radius 3 is 0.674 bits per heavy atom. The molecule has 16 atom stereocenters. The van der Waals surface area contributed by atoms with Gasteiger partial charge in [-0.15, -0.1) is 0 Å². The van der Waals surface area contributed by atoms with E-state index in [-0.39, 0.29) is 67.0 Å². The number of aliphatic carboxylic acids is 4. The van der Waals surface area contributed by atoms with Crippen LogP contribution >= 0.6 is 0 Å². The summed E-state index contributed by atoms with van der Waals surface area (Å²) < 4.78 is 0. The van der Waals surface area contributed by atoms with Gasteiger partial charge in [-0.25, -0.2) is 0 Å². The Morgan fingerprint density at radius 1 is 0.337 bits per heavy atom. The SMILES string of the molecule is CC(C)C1=CC2=CC[C@@H]3[C@](C)(CCC[C@@]3(C)C(=O)[O-])[C@H]2CC1.CC(C)C1=CC2=CC[C@@H]3[C@](C)(CCC[C@@]3(C)C(=O)[O-])[C@H]2CC1.CC(C)C1=CC2=CC[C@@H]3[C@](C)(CCC[C@@]3(C)C(=O)[O-])[C@H]2CC1.CC(C)C1=CC2=CC[C@@H]3[C@](C)(CCC[C@@]3(C)C(=O)[O-])[C@H]2CC1.[Ti+4]. The minimum atomic E-state index is -0.838. The van der Waals surface area contributed by atoms with Gasteiger partial charge in [0, 0.05) is 45.5 Å². The Balaban J connectivity index is 0.000000153. The van der Waals surface area contributed by atoms with Crippen LogP contribution in [0.2, 0.25) is 0 Å². The molecule has 12 rings (SSSR count). The molecule has 0 saturated heterocycles. The Kier molecular flexibility index (Phi) is 21.4. The molecule has 488 valence electrons. The van der Waals surface area contributed by atoms with Gasteiger partial charge in [0.05, 0.1) is 0 Å². The molecule has 0 aromatic carbocycles. The fraction of sp³-hybridized carbons (Fsp3) is 0.750. The van der Waals surface area contributed by atoms with E-state index >= 15 is 0 Å². The summed E-state index contributed by atoms with van der Waals surface area (Å²) >= 11 is 0. The van der Waals surface area contributed by atoms with Crippen molar-refractivity contribution in [2.45, 2.75) is 265 Å². The van der Waals surface area contributed by atoms with Gasteiger partial charge >= 0.3 is 21.7 Å². The van der Waals surface area contributed by atoms with Crippen molar-refractivity contribution in [1.29, 1.82) is 0 Å². The van der Waals surface area contributed by atoms with Crippen molar-refractivity contribution in [1.82, 2.24) is 0 Å². The van der Waals surface area contributed by atoms with Crippen LogP contribution in [-0.4, -0.2) is 23.9 Å². The van der Waals surface area contributed by atoms with Gasteiger partial charge in [0.15, 0.2) is 0 Å². The smallest absolute Gasteiger partial charge is 0.550 e. The zero-order valence-electron chi connectivity index (χ0n) is 58.3. The minimum absolute atomic E-state index is 0. The average Bonchev–Trinajstić information content (AvgIpc) is 1.00. The minimum Gasteiger partial charge on any atom is -0.550 e. The molecule has 4 saturated carbocycles. The number of carboxylic acid groups (broad SMARTS) is 4. The molecule has 0 aliphatic heterocycles. The van der Waals surface area contributed by atoms with Crippen LogP contribution in [-0.2, 0) is 40.9 Å². The number of hydrogen-bond acceptors (Lipinski definition) is 8. The zero-order chi connectivity index (χ0) is 64.5. The summed E-state index contributed by atoms with van der Waals surface area (Å²) in [5, 5.41) is 47.3. The van der Waals surface area contributed by atoms with Crippen molar-refractivity contribution < 1.29 is 61.3 Å². The van der Waals surface area contributed by atoms with E-state index in [1.165, 1.54) is 73.7 Å². The topological polar surface area (TPSA) is 161 Å². The fourth-order valence-electron chi connectivity index (χ4n) is 22.4. The Hall–Kier alpha value is -3.49. The summed E-state index contributed by atoms with van der Waals surface area (Å²) in [5.41, 5.74) is 10.0. The van der Waals surface area contributed by atoms with Gasteiger partial charge in [0.2, 0.25) is 0 Å². The summed E-state index contributed by atoms with van der Waals surface area (Å²) in [6, 6.07) is 0. The Morgan fingerprint density at radius 2 is 0.517 bits per heavy atom. The van der Waals surface area contributed by atoms with E-state index in [0.717, 1.165) is 103 Å². The van der Waals surface area contributed by atoms with Crippen LogP contribution < -0.4 is 20.4 Å². The molecular weight excluding hydrogens is 1140 g/mol. The number of carbonyl (C=O) groups excluding carboxylic acids is 4. The second kappa shape index (κ2) is 26.7. The number of rotatable bonds is 8. The van der Waals surface area contributed by atoms with Crippen molar-refractivity contribution in [3.05, 3.63) is 93.2 Å². The second-order valence-corrected chi connectivity index (χ2v) is 34.1. The summed E-state index contributed by atoms with van der Waals surface area (Å²) in [6.45, 7) is 35.3. The number of carbonyl (C=O) groups is 4. The van der Waals surface area contributed by atoms with Crippen LogP contribution in [0.4, 0.5) is 0 Å². The maximum atomic E-state index is 11.8. The summed E-state index contributed by atoms with van der Waals surface area (Å²) in [6.07, 6.45) is 43.9. The first kappa shape index (κ1) is 71.4. The molecule has 0 aromatic heterocycles. The van der Waals surface area contributed by atoms with Gasteiger partial charge < -0.3 is 39.6 Å². The van der Waals surface area contributed by atoms with Gasteiger partial charge in [-0.3, -0.25) is 0 Å². The number of allylic oxidation sites excluding steroid dienone is 16. The first-order valence-corrected chi connectivity index (χ1v) is 35.6. The van der Waals surface area contributed by atoms with Crippen molar-refractivity contribution in [3.63, 3.8) is 0 Å². The van der Waals surface area contributed by atoms with E-state index in [1.54, 1.807) is 22.3 Å². The van der Waals surface area contributed by atoms with Crippen LogP contribution in [0.25, 0.3) is 0 Å². The van der Waals surface area contributed by atoms with Crippen molar-refractivity contribution in [2.24, 2.45) is 114 Å². The van der Waals surface area contributed by atoms with Crippen LogP contribution in [0.3, 0.4) is 0 Å². The monoisotopic (exact) mass is 1250 g/mol. The number of hydrogen-bond donors (Lipinski definition) is 0. The third-order valence-corrected chi connectivity index (χ3v) is 28.2. The fourth-order valence-corrected chi connectivity index (χ4v) is 22.4. The molecule has 12 aliphatic carbocycles. The first-order valence-electron chi connectivity index (χ1n) is 35.6. The van der Waals surface area contributed by atoms with E-state index < -0.39 is 45.5 Å². The third kappa shape index (κ3) is 12.7. The van der Waals surface area contributed by atoms with E-state index in [9.17, 15) is 39.6 Å². The van der Waals surface area contributed by atoms with Crippen LogP contribution in [0.1, 0.15) is 265 Å². The van der Waals surface area contributed by atoms with E-state index in [4.69, 9.17) is 0 Å². The molecule has 8 nitrogen and oxygen atoms in total. The van der Waals surface area contributed by atoms with Gasteiger partial charge in [-0.05, 0) is 243 Å². The molecular formula is C80H116O8Ti. The molecule has 0 heterocycles. The summed E-state index contributed by atoms with van der Waals surface area (Å²) in [4.78, 5) is 47.3. The third-order valence-electron chi connectivity index (χ3n) is 28.2. The Labute approximate surface area is 554 Å². The van der Waals surface area contributed by atoms with Gasteiger partial charge in [0.25, 0.3) is 0 Å². The molecule has 0 N–H and O–H groups in total. The molecule has 12 aliphatic rings. The largest absolute Gasteiger partial charge is 4.00 e. The second-order valence-electron chi connectivity index (χ2n) is 34.1. The summed E-state index contributed by atoms with van der Waals surface area (Å²) in [7, 11) is 0. The molecule has 0 aromatic rings. The van der Waals surface area contributed by atoms with Crippen LogP contribution in [0.5, 0.6) is 0 Å². The molecule has 0 bridgehead atoms. The first-order chi connectivity index (χ1) is 41.1. The maximum absolute atomic E-state index is 11.8. The van der Waals surface area contributed by atoms with Gasteiger partial charge in [0.1, 0.15) is 0 Å². The standard InChI is InChI=1S/4C20H30O2.Ti/c4*1-13(2)14-6-8-16-15(12-14)7-9-17-19(16,3)10-5-11-20(17,4)18(21)22;/h4*7,12-13,16-17H,5-6,8-11H2,1-4H3,(H,21,22);/q;;;;+4/p-4/t4*16-,17+,19+,20+;/m0000./s1. The molecule has 89 heavy (non-hydrogen) atoms. The molecule has 0 spiro atoms. The molecule has 9 heteroatoms. The van der Waals surface area contributed by atoms with Crippen molar-refractivity contribution in [2.75, 3.05) is 0 Å². The van der Waals surface area contributed by atoms with Crippen LogP contribution in [0, 0.1) is 114 Å². The average molecular weight is 1250 g/mol. The molecule has 4 fully saturated rings.